The Morgan fingerprint density at radius 3 is 2.48 bits per heavy atom. The Labute approximate surface area is 130 Å². The molecule has 1 saturated heterocycles. The maximum atomic E-state index is 11.5. The van der Waals surface area contributed by atoms with Gasteiger partial charge in [0.05, 0.1) is 6.26 Å². The predicted octanol–water partition coefficient (Wildman–Crippen LogP) is 2.24. The molecule has 0 amide bonds. The molecule has 0 saturated carbocycles. The first-order valence-corrected chi connectivity index (χ1v) is 10.0. The summed E-state index contributed by atoms with van der Waals surface area (Å²) >= 11 is 0. The van der Waals surface area contributed by atoms with E-state index in [-0.39, 0.29) is 0 Å². The van der Waals surface area contributed by atoms with Crippen LogP contribution < -0.4 is 5.32 Å². The van der Waals surface area contributed by atoms with Gasteiger partial charge in [-0.2, -0.15) is 0 Å². The van der Waals surface area contributed by atoms with E-state index in [1.807, 2.05) is 0 Å². The third-order valence-corrected chi connectivity index (χ3v) is 6.50. The van der Waals surface area contributed by atoms with Crippen molar-refractivity contribution >= 4 is 10.0 Å². The molecule has 0 unspecified atom stereocenters. The van der Waals surface area contributed by atoms with E-state index < -0.39 is 10.0 Å². The Balaban J connectivity index is 1.71. The van der Waals surface area contributed by atoms with Gasteiger partial charge in [0.1, 0.15) is 0 Å². The largest absolute Gasteiger partial charge is 0.316 e. The molecule has 0 aromatic rings. The number of sulfonamides is 1. The van der Waals surface area contributed by atoms with Crippen LogP contribution in [0.15, 0.2) is 11.6 Å². The number of hydrogen-bond donors (Lipinski definition) is 1. The highest BCUT2D eigenvalue weighted by molar-refractivity contribution is 7.88. The lowest BCUT2D eigenvalue weighted by Crippen LogP contribution is -2.41. The molecule has 0 bridgehead atoms. The highest BCUT2D eigenvalue weighted by atomic mass is 32.2. The fourth-order valence-electron chi connectivity index (χ4n) is 3.63. The SMILES string of the molecule is CC1=CCC[C@H](C)[C@@H]1CNCC1CCN(S(C)(=O)=O)CC1. The first kappa shape index (κ1) is 17.0. The summed E-state index contributed by atoms with van der Waals surface area (Å²) in [7, 11) is -3.00. The average Bonchev–Trinajstić information content (AvgIpc) is 2.42. The minimum absolute atomic E-state index is 0.617. The van der Waals surface area contributed by atoms with E-state index >= 15 is 0 Å². The molecule has 21 heavy (non-hydrogen) atoms. The smallest absolute Gasteiger partial charge is 0.211 e. The molecule has 2 atom stereocenters. The minimum Gasteiger partial charge on any atom is -0.316 e. The fraction of sp³-hybridized carbons (Fsp3) is 0.875. The van der Waals surface area contributed by atoms with Gasteiger partial charge in [0.15, 0.2) is 0 Å². The van der Waals surface area contributed by atoms with Crippen LogP contribution in [0.3, 0.4) is 0 Å². The summed E-state index contributed by atoms with van der Waals surface area (Å²) in [6, 6.07) is 0. The van der Waals surface area contributed by atoms with Gasteiger partial charge in [-0.25, -0.2) is 12.7 Å². The van der Waals surface area contributed by atoms with Gasteiger partial charge < -0.3 is 5.32 Å². The molecular weight excluding hydrogens is 284 g/mol. The number of piperidine rings is 1. The zero-order valence-electron chi connectivity index (χ0n) is 13.6. The van der Waals surface area contributed by atoms with E-state index in [4.69, 9.17) is 0 Å². The molecule has 0 radical (unpaired) electrons. The summed E-state index contributed by atoms with van der Waals surface area (Å²) in [4.78, 5) is 0. The normalized spacial score (nSPS) is 29.4. The molecule has 4 nitrogen and oxygen atoms in total. The van der Waals surface area contributed by atoms with Crippen molar-refractivity contribution in [3.05, 3.63) is 11.6 Å². The van der Waals surface area contributed by atoms with Crippen molar-refractivity contribution in [2.45, 2.75) is 39.5 Å². The zero-order valence-corrected chi connectivity index (χ0v) is 14.5. The molecule has 0 aromatic heterocycles. The summed E-state index contributed by atoms with van der Waals surface area (Å²) in [5.74, 6) is 2.07. The van der Waals surface area contributed by atoms with E-state index in [2.05, 4.69) is 25.2 Å². The fourth-order valence-corrected chi connectivity index (χ4v) is 4.50. The van der Waals surface area contributed by atoms with Crippen LogP contribution in [0, 0.1) is 17.8 Å². The van der Waals surface area contributed by atoms with Crippen molar-refractivity contribution in [3.8, 4) is 0 Å². The minimum atomic E-state index is -3.00. The standard InChI is InChI=1S/C16H30N2O2S/c1-13-5-4-6-14(2)16(13)12-17-11-15-7-9-18(10-8-15)21(3,19)20/h5,14-17H,4,6-12H2,1-3H3/t14-,16+/m0/s1. The van der Waals surface area contributed by atoms with Crippen molar-refractivity contribution in [3.63, 3.8) is 0 Å². The molecule has 1 aliphatic carbocycles. The maximum Gasteiger partial charge on any atom is 0.211 e. The lowest BCUT2D eigenvalue weighted by Gasteiger charge is -2.32. The first-order valence-electron chi connectivity index (χ1n) is 8.20. The third kappa shape index (κ3) is 4.80. The lowest BCUT2D eigenvalue weighted by atomic mass is 9.80. The monoisotopic (exact) mass is 314 g/mol. The highest BCUT2D eigenvalue weighted by Crippen LogP contribution is 2.29. The van der Waals surface area contributed by atoms with Gasteiger partial charge in [-0.1, -0.05) is 18.6 Å². The van der Waals surface area contributed by atoms with E-state index in [0.29, 0.717) is 24.9 Å². The van der Waals surface area contributed by atoms with Crippen LogP contribution in [0.2, 0.25) is 0 Å². The predicted molar refractivity (Wildman–Crippen MR) is 87.7 cm³/mol. The van der Waals surface area contributed by atoms with E-state index in [9.17, 15) is 8.42 Å². The Kier molecular flexibility index (Phi) is 5.86. The average molecular weight is 314 g/mol. The second kappa shape index (κ2) is 7.25. The Bertz CT molecular complexity index is 465. The third-order valence-electron chi connectivity index (χ3n) is 5.20. The molecule has 1 aliphatic heterocycles. The molecule has 5 heteroatoms. The number of nitrogens with zero attached hydrogens (tertiary/aromatic N) is 1. The molecule has 0 spiro atoms. The molecule has 2 rings (SSSR count). The van der Waals surface area contributed by atoms with Crippen molar-refractivity contribution in [1.29, 1.82) is 0 Å². The highest BCUT2D eigenvalue weighted by Gasteiger charge is 2.25. The van der Waals surface area contributed by atoms with Gasteiger partial charge in [0, 0.05) is 19.6 Å². The zero-order chi connectivity index (χ0) is 15.5. The van der Waals surface area contributed by atoms with E-state index in [1.54, 1.807) is 4.31 Å². The Morgan fingerprint density at radius 1 is 1.24 bits per heavy atom. The quantitative estimate of drug-likeness (QED) is 0.792. The van der Waals surface area contributed by atoms with Crippen LogP contribution >= 0.6 is 0 Å². The topological polar surface area (TPSA) is 49.4 Å². The van der Waals surface area contributed by atoms with Gasteiger partial charge in [0.25, 0.3) is 0 Å². The summed E-state index contributed by atoms with van der Waals surface area (Å²) < 4.78 is 24.6. The first-order chi connectivity index (χ1) is 9.88. The van der Waals surface area contributed by atoms with Crippen molar-refractivity contribution in [2.24, 2.45) is 17.8 Å². The maximum absolute atomic E-state index is 11.5. The molecule has 2 aliphatic rings. The van der Waals surface area contributed by atoms with Crippen LogP contribution in [0.4, 0.5) is 0 Å². The van der Waals surface area contributed by atoms with E-state index in [0.717, 1.165) is 31.8 Å². The molecular formula is C16H30N2O2S. The number of nitrogens with one attached hydrogen (secondary N) is 1. The number of allylic oxidation sites excluding steroid dienone is 1. The van der Waals surface area contributed by atoms with Crippen LogP contribution in [-0.4, -0.2) is 45.2 Å². The van der Waals surface area contributed by atoms with Crippen LogP contribution in [0.5, 0.6) is 0 Å². The Hall–Kier alpha value is -0.390. The summed E-state index contributed by atoms with van der Waals surface area (Å²) in [6.45, 7) is 8.07. The van der Waals surface area contributed by atoms with Crippen LogP contribution in [0.25, 0.3) is 0 Å². The van der Waals surface area contributed by atoms with E-state index in [1.165, 1.54) is 24.7 Å². The van der Waals surface area contributed by atoms with Crippen LogP contribution in [0.1, 0.15) is 39.5 Å². The van der Waals surface area contributed by atoms with Gasteiger partial charge in [-0.05, 0) is 56.9 Å². The lowest BCUT2D eigenvalue weighted by molar-refractivity contribution is 0.260. The van der Waals surface area contributed by atoms with Crippen molar-refractivity contribution < 1.29 is 8.42 Å². The molecule has 122 valence electrons. The van der Waals surface area contributed by atoms with Gasteiger partial charge >= 0.3 is 0 Å². The molecule has 1 heterocycles. The summed E-state index contributed by atoms with van der Waals surface area (Å²) in [6.07, 6.45) is 8.19. The Morgan fingerprint density at radius 2 is 1.90 bits per heavy atom. The molecule has 1 N–H and O–H groups in total. The van der Waals surface area contributed by atoms with Crippen LogP contribution in [-0.2, 0) is 10.0 Å². The molecule has 1 fully saturated rings. The molecule has 0 aromatic carbocycles. The second-order valence-corrected chi connectivity index (χ2v) is 8.86. The van der Waals surface area contributed by atoms with Gasteiger partial charge in [0.2, 0.25) is 10.0 Å². The van der Waals surface area contributed by atoms with Crippen molar-refractivity contribution in [1.82, 2.24) is 9.62 Å². The van der Waals surface area contributed by atoms with Gasteiger partial charge in [-0.15, -0.1) is 0 Å². The number of rotatable bonds is 5. The number of hydrogen-bond acceptors (Lipinski definition) is 3. The summed E-state index contributed by atoms with van der Waals surface area (Å²) in [5, 5.41) is 3.63. The summed E-state index contributed by atoms with van der Waals surface area (Å²) in [5.41, 5.74) is 1.54. The second-order valence-electron chi connectivity index (χ2n) is 6.87. The van der Waals surface area contributed by atoms with Gasteiger partial charge in [-0.3, -0.25) is 0 Å². The van der Waals surface area contributed by atoms with Crippen molar-refractivity contribution in [2.75, 3.05) is 32.4 Å².